The molecule has 0 atom stereocenters. The summed E-state index contributed by atoms with van der Waals surface area (Å²) < 4.78 is 1.64. The number of nitrogens with two attached hydrogens (primary N) is 2. The van der Waals surface area contributed by atoms with Gasteiger partial charge in [0.15, 0.2) is 0 Å². The van der Waals surface area contributed by atoms with Crippen LogP contribution in [-0.2, 0) is 0 Å². The molecule has 0 saturated heterocycles. The predicted octanol–water partition coefficient (Wildman–Crippen LogP) is 1.64. The number of anilines is 3. The van der Waals surface area contributed by atoms with Crippen LogP contribution < -0.4 is 16.8 Å². The van der Waals surface area contributed by atoms with Crippen LogP contribution in [0, 0.1) is 0 Å². The van der Waals surface area contributed by atoms with Crippen LogP contribution in [0.4, 0.5) is 17.6 Å². The molecule has 1 amide bonds. The minimum Gasteiger partial charge on any atom is -0.369 e. The number of nitrogens with one attached hydrogen (secondary N) is 1. The Morgan fingerprint density at radius 3 is 2.73 bits per heavy atom. The SMILES string of the molecule is NC(=O)c1cccc(Nc2ncnc(-n3c(N)nc4ccccc43)n2)c1. The Labute approximate surface area is 147 Å². The molecule has 4 aromatic rings. The smallest absolute Gasteiger partial charge is 0.248 e. The van der Waals surface area contributed by atoms with Gasteiger partial charge in [0.25, 0.3) is 0 Å². The van der Waals surface area contributed by atoms with Crippen LogP contribution in [0.2, 0.25) is 0 Å². The number of rotatable bonds is 4. The third-order valence-corrected chi connectivity index (χ3v) is 3.75. The lowest BCUT2D eigenvalue weighted by molar-refractivity contribution is 0.100. The van der Waals surface area contributed by atoms with E-state index in [2.05, 4.69) is 25.3 Å². The highest BCUT2D eigenvalue weighted by Gasteiger charge is 2.13. The summed E-state index contributed by atoms with van der Waals surface area (Å²) in [5.74, 6) is 0.398. The quantitative estimate of drug-likeness (QED) is 0.510. The third-order valence-electron chi connectivity index (χ3n) is 3.75. The standard InChI is InChI=1S/C17H14N8O/c18-14(26)10-4-3-5-11(8-10)22-16-20-9-21-17(24-16)25-13-7-2-1-6-12(13)23-15(25)19/h1-9H,(H2,18,26)(H2,19,23)(H,20,21,22,24). The van der Waals surface area contributed by atoms with Gasteiger partial charge in [-0.1, -0.05) is 18.2 Å². The maximum Gasteiger partial charge on any atom is 0.248 e. The van der Waals surface area contributed by atoms with Crippen molar-refractivity contribution >= 4 is 34.5 Å². The van der Waals surface area contributed by atoms with Crippen LogP contribution in [0.1, 0.15) is 10.4 Å². The zero-order valence-corrected chi connectivity index (χ0v) is 13.5. The van der Waals surface area contributed by atoms with Crippen molar-refractivity contribution in [2.24, 2.45) is 5.73 Å². The molecule has 9 heteroatoms. The van der Waals surface area contributed by atoms with Crippen molar-refractivity contribution in [3.8, 4) is 5.95 Å². The average Bonchev–Trinajstić information content (AvgIpc) is 2.98. The molecule has 0 aliphatic heterocycles. The highest BCUT2D eigenvalue weighted by molar-refractivity contribution is 5.93. The summed E-state index contributed by atoms with van der Waals surface area (Å²) >= 11 is 0. The van der Waals surface area contributed by atoms with Gasteiger partial charge in [-0.15, -0.1) is 0 Å². The van der Waals surface area contributed by atoms with Crippen LogP contribution in [-0.4, -0.2) is 30.4 Å². The number of primary amides is 1. The van der Waals surface area contributed by atoms with Gasteiger partial charge >= 0.3 is 0 Å². The van der Waals surface area contributed by atoms with Gasteiger partial charge in [0.1, 0.15) is 6.33 Å². The van der Waals surface area contributed by atoms with Crippen molar-refractivity contribution < 1.29 is 4.79 Å². The number of aromatic nitrogens is 5. The number of hydrogen-bond acceptors (Lipinski definition) is 7. The number of hydrogen-bond donors (Lipinski definition) is 3. The molecule has 0 radical (unpaired) electrons. The number of imidazole rings is 1. The van der Waals surface area contributed by atoms with E-state index >= 15 is 0 Å². The van der Waals surface area contributed by atoms with Crippen molar-refractivity contribution in [3.05, 3.63) is 60.4 Å². The number of para-hydroxylation sites is 2. The molecule has 0 aliphatic carbocycles. The molecule has 9 nitrogen and oxygen atoms in total. The molecule has 5 N–H and O–H groups in total. The summed E-state index contributed by atoms with van der Waals surface area (Å²) in [6.07, 6.45) is 1.37. The summed E-state index contributed by atoms with van der Waals surface area (Å²) in [5, 5.41) is 3.02. The number of amides is 1. The molecular formula is C17H14N8O. The second-order valence-corrected chi connectivity index (χ2v) is 5.47. The fraction of sp³-hybridized carbons (Fsp3) is 0. The number of nitrogen functional groups attached to an aromatic ring is 1. The van der Waals surface area contributed by atoms with Crippen molar-refractivity contribution in [2.75, 3.05) is 11.1 Å². The Balaban J connectivity index is 1.72. The summed E-state index contributed by atoms with van der Waals surface area (Å²) in [7, 11) is 0. The Hall–Kier alpha value is -4.01. The Bertz CT molecular complexity index is 1120. The van der Waals surface area contributed by atoms with Gasteiger partial charge < -0.3 is 16.8 Å². The summed E-state index contributed by atoms with van der Waals surface area (Å²) in [4.78, 5) is 28.3. The largest absolute Gasteiger partial charge is 0.369 e. The molecule has 2 aromatic heterocycles. The molecule has 0 spiro atoms. The number of carbonyl (C=O) groups is 1. The molecule has 0 saturated carbocycles. The van der Waals surface area contributed by atoms with E-state index in [1.807, 2.05) is 24.3 Å². The predicted molar refractivity (Wildman–Crippen MR) is 97.1 cm³/mol. The van der Waals surface area contributed by atoms with E-state index in [1.54, 1.807) is 28.8 Å². The monoisotopic (exact) mass is 346 g/mol. The zero-order valence-electron chi connectivity index (χ0n) is 13.5. The third kappa shape index (κ3) is 2.77. The van der Waals surface area contributed by atoms with Gasteiger partial charge in [0.2, 0.25) is 23.8 Å². The van der Waals surface area contributed by atoms with Gasteiger partial charge in [-0.3, -0.25) is 4.79 Å². The van der Waals surface area contributed by atoms with Crippen LogP contribution >= 0.6 is 0 Å². The van der Waals surface area contributed by atoms with Gasteiger partial charge in [-0.05, 0) is 30.3 Å². The van der Waals surface area contributed by atoms with Gasteiger partial charge in [0.05, 0.1) is 11.0 Å². The first kappa shape index (κ1) is 15.5. The Morgan fingerprint density at radius 2 is 1.88 bits per heavy atom. The fourth-order valence-corrected chi connectivity index (χ4v) is 2.59. The number of fused-ring (bicyclic) bond motifs is 1. The fourth-order valence-electron chi connectivity index (χ4n) is 2.59. The van der Waals surface area contributed by atoms with Gasteiger partial charge in [0, 0.05) is 11.3 Å². The topological polar surface area (TPSA) is 138 Å². The number of benzene rings is 2. The molecule has 4 rings (SSSR count). The zero-order chi connectivity index (χ0) is 18.1. The Kier molecular flexibility index (Phi) is 3.66. The first-order chi connectivity index (χ1) is 12.6. The van der Waals surface area contributed by atoms with Crippen LogP contribution in [0.5, 0.6) is 0 Å². The average molecular weight is 346 g/mol. The van der Waals surface area contributed by atoms with Crippen LogP contribution in [0.25, 0.3) is 17.0 Å². The summed E-state index contributed by atoms with van der Waals surface area (Å²) in [6.45, 7) is 0. The van der Waals surface area contributed by atoms with Crippen molar-refractivity contribution in [2.45, 2.75) is 0 Å². The van der Waals surface area contributed by atoms with E-state index in [9.17, 15) is 4.79 Å². The molecule has 26 heavy (non-hydrogen) atoms. The van der Waals surface area contributed by atoms with Crippen molar-refractivity contribution in [1.82, 2.24) is 24.5 Å². The number of nitrogens with zero attached hydrogens (tertiary/aromatic N) is 5. The maximum absolute atomic E-state index is 11.3. The first-order valence-electron chi connectivity index (χ1n) is 7.71. The van der Waals surface area contributed by atoms with Gasteiger partial charge in [-0.2, -0.15) is 4.98 Å². The minimum absolute atomic E-state index is 0.277. The highest BCUT2D eigenvalue weighted by Crippen LogP contribution is 2.21. The van der Waals surface area contributed by atoms with E-state index in [1.165, 1.54) is 6.33 Å². The molecule has 2 aromatic carbocycles. The van der Waals surface area contributed by atoms with E-state index in [-0.39, 0.29) is 5.95 Å². The minimum atomic E-state index is -0.511. The lowest BCUT2D eigenvalue weighted by atomic mass is 10.2. The highest BCUT2D eigenvalue weighted by atomic mass is 16.1. The van der Waals surface area contributed by atoms with E-state index in [4.69, 9.17) is 11.5 Å². The Morgan fingerprint density at radius 1 is 1.04 bits per heavy atom. The maximum atomic E-state index is 11.3. The van der Waals surface area contributed by atoms with E-state index in [0.717, 1.165) is 11.0 Å². The van der Waals surface area contributed by atoms with Crippen LogP contribution in [0.3, 0.4) is 0 Å². The summed E-state index contributed by atoms with van der Waals surface area (Å²) in [5.41, 5.74) is 13.9. The molecule has 0 unspecified atom stereocenters. The first-order valence-corrected chi connectivity index (χ1v) is 7.71. The second-order valence-electron chi connectivity index (χ2n) is 5.47. The van der Waals surface area contributed by atoms with E-state index < -0.39 is 5.91 Å². The normalized spacial score (nSPS) is 10.8. The summed E-state index contributed by atoms with van der Waals surface area (Å²) in [6, 6.07) is 14.2. The van der Waals surface area contributed by atoms with Gasteiger partial charge in [-0.25, -0.2) is 19.5 Å². The molecule has 128 valence electrons. The molecular weight excluding hydrogens is 332 g/mol. The molecule has 2 heterocycles. The molecule has 0 bridgehead atoms. The number of carbonyl (C=O) groups excluding carboxylic acids is 1. The van der Waals surface area contributed by atoms with Crippen LogP contribution in [0.15, 0.2) is 54.9 Å². The lowest BCUT2D eigenvalue weighted by Gasteiger charge is -2.08. The molecule has 0 fully saturated rings. The lowest BCUT2D eigenvalue weighted by Crippen LogP contribution is -2.11. The second kappa shape index (κ2) is 6.13. The van der Waals surface area contributed by atoms with E-state index in [0.29, 0.717) is 23.1 Å². The molecule has 0 aliphatic rings. The van der Waals surface area contributed by atoms with Crippen molar-refractivity contribution in [3.63, 3.8) is 0 Å². The van der Waals surface area contributed by atoms with Crippen molar-refractivity contribution in [1.29, 1.82) is 0 Å².